The zero-order valence-electron chi connectivity index (χ0n) is 9.91. The summed E-state index contributed by atoms with van der Waals surface area (Å²) in [6.45, 7) is 2.97. The lowest BCUT2D eigenvalue weighted by Crippen LogP contribution is -2.41. The second-order valence-electron chi connectivity index (χ2n) is 4.77. The summed E-state index contributed by atoms with van der Waals surface area (Å²) in [6, 6.07) is 8.47. The Balaban J connectivity index is 2.12. The molecule has 1 aromatic carbocycles. The molecule has 1 atom stereocenters. The maximum absolute atomic E-state index is 5.89. The van der Waals surface area contributed by atoms with Crippen LogP contribution >= 0.6 is 11.6 Å². The summed E-state index contributed by atoms with van der Waals surface area (Å²) in [7, 11) is 2.17. The molecule has 16 heavy (non-hydrogen) atoms. The number of likely N-dealkylation sites (N-methyl/N-ethyl adjacent to an activating group) is 1. The second-order valence-corrected chi connectivity index (χ2v) is 5.20. The molecule has 1 saturated carbocycles. The van der Waals surface area contributed by atoms with Crippen LogP contribution in [0.1, 0.15) is 31.4 Å². The van der Waals surface area contributed by atoms with Crippen molar-refractivity contribution >= 4 is 11.6 Å². The minimum absolute atomic E-state index is 0.249. The van der Waals surface area contributed by atoms with Crippen LogP contribution in [0.4, 0.5) is 0 Å². The third kappa shape index (κ3) is 2.10. The Morgan fingerprint density at radius 3 is 2.38 bits per heavy atom. The van der Waals surface area contributed by atoms with E-state index in [0.29, 0.717) is 6.04 Å². The highest BCUT2D eigenvalue weighted by Crippen LogP contribution is 2.43. The summed E-state index contributed by atoms with van der Waals surface area (Å²) >= 11 is 5.89. The molecule has 0 amide bonds. The molecule has 0 aliphatic heterocycles. The third-order valence-electron chi connectivity index (χ3n) is 3.89. The van der Waals surface area contributed by atoms with E-state index in [0.717, 1.165) is 11.6 Å². The molecule has 3 heteroatoms. The summed E-state index contributed by atoms with van der Waals surface area (Å²) in [6.07, 6.45) is 2.44. The number of nitrogens with two attached hydrogens (primary N) is 1. The molecule has 2 nitrogen and oxygen atoms in total. The first-order chi connectivity index (χ1) is 7.59. The van der Waals surface area contributed by atoms with Crippen molar-refractivity contribution in [1.82, 2.24) is 4.90 Å². The molecule has 2 rings (SSSR count). The lowest BCUT2D eigenvalue weighted by Gasteiger charge is -2.33. The van der Waals surface area contributed by atoms with Gasteiger partial charge in [0.25, 0.3) is 0 Å². The first-order valence-corrected chi connectivity index (χ1v) is 6.15. The smallest absolute Gasteiger partial charge is 0.0406 e. The highest BCUT2D eigenvalue weighted by Gasteiger charge is 2.46. The fourth-order valence-corrected chi connectivity index (χ4v) is 2.35. The van der Waals surface area contributed by atoms with Crippen LogP contribution in [0.5, 0.6) is 0 Å². The fraction of sp³-hybridized carbons (Fsp3) is 0.538. The van der Waals surface area contributed by atoms with Crippen molar-refractivity contribution < 1.29 is 0 Å². The van der Waals surface area contributed by atoms with E-state index in [4.69, 9.17) is 17.3 Å². The first kappa shape index (κ1) is 11.9. The molecule has 2 N–H and O–H groups in total. The topological polar surface area (TPSA) is 29.3 Å². The van der Waals surface area contributed by atoms with Gasteiger partial charge in [0.1, 0.15) is 0 Å². The molecule has 1 aliphatic carbocycles. The van der Waals surface area contributed by atoms with Gasteiger partial charge in [-0.05, 0) is 44.5 Å². The Labute approximate surface area is 102 Å². The fourth-order valence-electron chi connectivity index (χ4n) is 2.22. The van der Waals surface area contributed by atoms with E-state index < -0.39 is 0 Å². The summed E-state index contributed by atoms with van der Waals surface area (Å²) < 4.78 is 0. The van der Waals surface area contributed by atoms with Crippen molar-refractivity contribution in [3.63, 3.8) is 0 Å². The van der Waals surface area contributed by atoms with Crippen molar-refractivity contribution in [1.29, 1.82) is 0 Å². The molecule has 0 radical (unpaired) electrons. The zero-order valence-corrected chi connectivity index (χ0v) is 10.7. The van der Waals surface area contributed by atoms with Crippen molar-refractivity contribution in [2.45, 2.75) is 31.3 Å². The molecule has 0 spiro atoms. The number of nitrogens with zero attached hydrogens (tertiary/aromatic N) is 1. The largest absolute Gasteiger partial charge is 0.329 e. The van der Waals surface area contributed by atoms with E-state index in [1.54, 1.807) is 0 Å². The average Bonchev–Trinajstić information content (AvgIpc) is 3.09. The molecule has 1 fully saturated rings. The van der Waals surface area contributed by atoms with E-state index in [-0.39, 0.29) is 5.54 Å². The predicted molar refractivity (Wildman–Crippen MR) is 68.6 cm³/mol. The molecule has 0 bridgehead atoms. The van der Waals surface area contributed by atoms with Crippen molar-refractivity contribution in [3.05, 3.63) is 34.9 Å². The van der Waals surface area contributed by atoms with Gasteiger partial charge in [0.05, 0.1) is 0 Å². The van der Waals surface area contributed by atoms with Crippen LogP contribution in [0.15, 0.2) is 24.3 Å². The molecule has 1 aliphatic rings. The van der Waals surface area contributed by atoms with Gasteiger partial charge in [0.2, 0.25) is 0 Å². The normalized spacial score (nSPS) is 19.8. The SMILES string of the molecule is CC(c1ccc(Cl)cc1)N(C)C1(CN)CC1. The average molecular weight is 239 g/mol. The summed E-state index contributed by atoms with van der Waals surface area (Å²) in [5, 5.41) is 0.790. The van der Waals surface area contributed by atoms with Gasteiger partial charge in [-0.2, -0.15) is 0 Å². The highest BCUT2D eigenvalue weighted by atomic mass is 35.5. The molecular weight excluding hydrogens is 220 g/mol. The number of benzene rings is 1. The Bertz CT molecular complexity index is 357. The quantitative estimate of drug-likeness (QED) is 0.874. The minimum atomic E-state index is 0.249. The van der Waals surface area contributed by atoms with Crippen molar-refractivity contribution in [3.8, 4) is 0 Å². The Morgan fingerprint density at radius 1 is 1.38 bits per heavy atom. The van der Waals surface area contributed by atoms with Gasteiger partial charge < -0.3 is 5.73 Å². The van der Waals surface area contributed by atoms with Gasteiger partial charge in [-0.1, -0.05) is 23.7 Å². The molecule has 88 valence electrons. The second kappa shape index (κ2) is 4.36. The molecule has 0 saturated heterocycles. The Morgan fingerprint density at radius 2 is 1.94 bits per heavy atom. The number of halogens is 1. The van der Waals surface area contributed by atoms with E-state index in [1.807, 2.05) is 12.1 Å². The van der Waals surface area contributed by atoms with Gasteiger partial charge in [-0.15, -0.1) is 0 Å². The molecular formula is C13H19ClN2. The van der Waals surface area contributed by atoms with Gasteiger partial charge in [-0.25, -0.2) is 0 Å². The van der Waals surface area contributed by atoms with E-state index >= 15 is 0 Å². The van der Waals surface area contributed by atoms with Crippen LogP contribution in [0.25, 0.3) is 0 Å². The van der Waals surface area contributed by atoms with E-state index in [1.165, 1.54) is 18.4 Å². The number of rotatable bonds is 4. The van der Waals surface area contributed by atoms with Crippen LogP contribution in [-0.4, -0.2) is 24.0 Å². The predicted octanol–water partition coefficient (Wildman–Crippen LogP) is 2.82. The first-order valence-electron chi connectivity index (χ1n) is 5.77. The zero-order chi connectivity index (χ0) is 11.8. The summed E-state index contributed by atoms with van der Waals surface area (Å²) in [5.41, 5.74) is 7.39. The lowest BCUT2D eigenvalue weighted by molar-refractivity contribution is 0.170. The van der Waals surface area contributed by atoms with Gasteiger partial charge in [0.15, 0.2) is 0 Å². The summed E-state index contributed by atoms with van der Waals surface area (Å²) in [4.78, 5) is 2.40. The van der Waals surface area contributed by atoms with Crippen LogP contribution < -0.4 is 5.73 Å². The Hall–Kier alpha value is -0.570. The molecule has 0 aromatic heterocycles. The maximum Gasteiger partial charge on any atom is 0.0406 e. The van der Waals surface area contributed by atoms with Crippen LogP contribution in [0.3, 0.4) is 0 Å². The highest BCUT2D eigenvalue weighted by molar-refractivity contribution is 6.30. The lowest BCUT2D eigenvalue weighted by atomic mass is 10.0. The molecule has 0 heterocycles. The standard InChI is InChI=1S/C13H19ClN2/c1-10(11-3-5-12(14)6-4-11)16(2)13(9-15)7-8-13/h3-6,10H,7-9,15H2,1-2H3. The number of hydrogen-bond acceptors (Lipinski definition) is 2. The third-order valence-corrected chi connectivity index (χ3v) is 4.14. The number of hydrogen-bond donors (Lipinski definition) is 1. The van der Waals surface area contributed by atoms with E-state index in [2.05, 4.69) is 31.0 Å². The summed E-state index contributed by atoms with van der Waals surface area (Å²) in [5.74, 6) is 0. The van der Waals surface area contributed by atoms with Crippen molar-refractivity contribution in [2.75, 3.05) is 13.6 Å². The molecule has 1 aromatic rings. The van der Waals surface area contributed by atoms with Crippen molar-refractivity contribution in [2.24, 2.45) is 5.73 Å². The van der Waals surface area contributed by atoms with Crippen LogP contribution in [0.2, 0.25) is 5.02 Å². The molecule has 1 unspecified atom stereocenters. The monoisotopic (exact) mass is 238 g/mol. The maximum atomic E-state index is 5.89. The van der Waals surface area contributed by atoms with Gasteiger partial charge in [-0.3, -0.25) is 4.90 Å². The minimum Gasteiger partial charge on any atom is -0.329 e. The Kier molecular flexibility index (Phi) is 3.24. The van der Waals surface area contributed by atoms with Gasteiger partial charge in [0, 0.05) is 23.1 Å². The van der Waals surface area contributed by atoms with Crippen LogP contribution in [0, 0.1) is 0 Å². The van der Waals surface area contributed by atoms with E-state index in [9.17, 15) is 0 Å². The van der Waals surface area contributed by atoms with Crippen LogP contribution in [-0.2, 0) is 0 Å². The van der Waals surface area contributed by atoms with Gasteiger partial charge >= 0.3 is 0 Å².